The van der Waals surface area contributed by atoms with Gasteiger partial charge >= 0.3 is 0 Å². The topological polar surface area (TPSA) is 63.1 Å². The molecule has 6 nitrogen and oxygen atoms in total. The van der Waals surface area contributed by atoms with E-state index in [0.29, 0.717) is 23.8 Å². The number of rotatable bonds is 5. The summed E-state index contributed by atoms with van der Waals surface area (Å²) in [6.45, 7) is 6.55. The van der Waals surface area contributed by atoms with Gasteiger partial charge in [-0.05, 0) is 68.8 Å². The zero-order valence-electron chi connectivity index (χ0n) is 19.8. The van der Waals surface area contributed by atoms with Crippen molar-refractivity contribution >= 4 is 22.7 Å². The van der Waals surface area contributed by atoms with Gasteiger partial charge in [0.25, 0.3) is 5.56 Å². The minimum atomic E-state index is 0.0535. The molecule has 1 N–H and O–H groups in total. The van der Waals surface area contributed by atoms with Gasteiger partial charge in [-0.15, -0.1) is 0 Å². The molecule has 1 saturated heterocycles. The van der Waals surface area contributed by atoms with Crippen LogP contribution in [0.3, 0.4) is 0 Å². The zero-order valence-corrected chi connectivity index (χ0v) is 19.8. The van der Waals surface area contributed by atoms with E-state index in [4.69, 9.17) is 9.97 Å². The highest BCUT2D eigenvalue weighted by Gasteiger charge is 2.31. The van der Waals surface area contributed by atoms with E-state index >= 15 is 0 Å². The molecule has 2 fully saturated rings. The normalized spacial score (nSPS) is 22.0. The lowest BCUT2D eigenvalue weighted by Crippen LogP contribution is -2.41. The van der Waals surface area contributed by atoms with Crippen LogP contribution in [0.2, 0.25) is 0 Å². The molecule has 33 heavy (non-hydrogen) atoms. The van der Waals surface area contributed by atoms with Crippen LogP contribution in [0, 0.1) is 11.8 Å². The van der Waals surface area contributed by atoms with Crippen molar-refractivity contribution < 1.29 is 0 Å². The van der Waals surface area contributed by atoms with E-state index in [2.05, 4.69) is 48.3 Å². The molecule has 6 heteroatoms. The third-order valence-electron chi connectivity index (χ3n) is 7.55. The van der Waals surface area contributed by atoms with Gasteiger partial charge in [0.2, 0.25) is 5.95 Å². The van der Waals surface area contributed by atoms with E-state index < -0.39 is 0 Å². The lowest BCUT2D eigenvalue weighted by molar-refractivity contribution is 0.184. The fourth-order valence-corrected chi connectivity index (χ4v) is 5.85. The Kier molecular flexibility index (Phi) is 6.45. The Balaban J connectivity index is 1.65. The summed E-state index contributed by atoms with van der Waals surface area (Å²) in [6.07, 6.45) is 8.60. The predicted octanol–water partition coefficient (Wildman–Crippen LogP) is 5.07. The van der Waals surface area contributed by atoms with E-state index in [0.717, 1.165) is 49.1 Å². The second-order valence-corrected chi connectivity index (χ2v) is 9.94. The van der Waals surface area contributed by atoms with Gasteiger partial charge in [-0.25, -0.2) is 4.98 Å². The molecule has 3 heterocycles. The number of pyridine rings is 1. The molecule has 0 spiro atoms. The van der Waals surface area contributed by atoms with Crippen molar-refractivity contribution in [3.8, 4) is 0 Å². The van der Waals surface area contributed by atoms with Crippen molar-refractivity contribution in [1.82, 2.24) is 19.9 Å². The Morgan fingerprint density at radius 2 is 1.76 bits per heavy atom. The van der Waals surface area contributed by atoms with E-state index in [1.165, 1.54) is 19.3 Å². The first-order valence-electron chi connectivity index (χ1n) is 12.6. The van der Waals surface area contributed by atoms with Crippen molar-refractivity contribution in [2.24, 2.45) is 11.8 Å². The largest absolute Gasteiger partial charge is 0.317 e. The number of piperidine rings is 1. The van der Waals surface area contributed by atoms with E-state index in [1.807, 2.05) is 22.9 Å². The molecule has 0 radical (unpaired) electrons. The quantitative estimate of drug-likeness (QED) is 0.594. The molecule has 5 rings (SSSR count). The predicted molar refractivity (Wildman–Crippen MR) is 134 cm³/mol. The number of anilines is 2. The van der Waals surface area contributed by atoms with Crippen molar-refractivity contribution in [2.75, 3.05) is 18.0 Å². The van der Waals surface area contributed by atoms with E-state index in [-0.39, 0.29) is 11.6 Å². The number of aromatic nitrogens is 3. The molecule has 1 aliphatic heterocycles. The fraction of sp³-hybridized carbons (Fsp3) is 0.519. The van der Waals surface area contributed by atoms with Gasteiger partial charge in [0.15, 0.2) is 0 Å². The standard InChI is InChI=1S/C27H35N5O/c1-19(2)23-10-6-7-11-24(23)32-25(33)13-12-20-18-29-27(30-26(20)32)31(21-8-4-3-5-9-21)22-14-16-28-17-15-22/h3-5,8-9,12-13,18-19,22-24,28H,6-7,10-11,14-17H2,1-2H3. The lowest BCUT2D eigenvalue weighted by atomic mass is 9.77. The van der Waals surface area contributed by atoms with Gasteiger partial charge in [-0.3, -0.25) is 9.36 Å². The third-order valence-corrected chi connectivity index (χ3v) is 7.55. The second-order valence-electron chi connectivity index (χ2n) is 9.94. The first-order valence-corrected chi connectivity index (χ1v) is 12.6. The third kappa shape index (κ3) is 4.41. The first-order chi connectivity index (χ1) is 16.1. The van der Waals surface area contributed by atoms with Gasteiger partial charge in [0.05, 0.1) is 0 Å². The molecule has 1 saturated carbocycles. The number of hydrogen-bond donors (Lipinski definition) is 1. The van der Waals surface area contributed by atoms with Crippen molar-refractivity contribution in [3.05, 3.63) is 59.0 Å². The number of nitrogens with zero attached hydrogens (tertiary/aromatic N) is 4. The monoisotopic (exact) mass is 445 g/mol. The van der Waals surface area contributed by atoms with E-state index in [1.54, 1.807) is 6.07 Å². The van der Waals surface area contributed by atoms with Gasteiger partial charge in [0, 0.05) is 35.4 Å². The average molecular weight is 446 g/mol. The van der Waals surface area contributed by atoms with Crippen LogP contribution in [-0.2, 0) is 0 Å². The molecular weight excluding hydrogens is 410 g/mol. The molecule has 174 valence electrons. The smallest absolute Gasteiger partial charge is 0.252 e. The molecule has 1 aromatic carbocycles. The summed E-state index contributed by atoms with van der Waals surface area (Å²) >= 11 is 0. The maximum absolute atomic E-state index is 13.2. The number of para-hydroxylation sites is 1. The van der Waals surface area contributed by atoms with Gasteiger partial charge < -0.3 is 10.2 Å². The van der Waals surface area contributed by atoms with Crippen molar-refractivity contribution in [3.63, 3.8) is 0 Å². The molecule has 2 aliphatic rings. The van der Waals surface area contributed by atoms with Gasteiger partial charge in [-0.2, -0.15) is 4.98 Å². The Morgan fingerprint density at radius 1 is 1.00 bits per heavy atom. The molecule has 0 amide bonds. The minimum absolute atomic E-state index is 0.0535. The van der Waals surface area contributed by atoms with Gasteiger partial charge in [-0.1, -0.05) is 44.9 Å². The Morgan fingerprint density at radius 3 is 2.52 bits per heavy atom. The summed E-state index contributed by atoms with van der Waals surface area (Å²) in [6, 6.07) is 14.5. The zero-order chi connectivity index (χ0) is 22.8. The summed E-state index contributed by atoms with van der Waals surface area (Å²) in [5.74, 6) is 1.72. The van der Waals surface area contributed by atoms with Crippen LogP contribution in [0.1, 0.15) is 58.4 Å². The van der Waals surface area contributed by atoms with Crippen LogP contribution in [0.5, 0.6) is 0 Å². The molecule has 2 aromatic heterocycles. The van der Waals surface area contributed by atoms with Crippen LogP contribution < -0.4 is 15.8 Å². The maximum atomic E-state index is 13.2. The van der Waals surface area contributed by atoms with Crippen molar-refractivity contribution in [1.29, 1.82) is 0 Å². The van der Waals surface area contributed by atoms with Crippen molar-refractivity contribution in [2.45, 2.75) is 64.5 Å². The molecule has 3 aromatic rings. The molecule has 1 aliphatic carbocycles. The Hall–Kier alpha value is -2.73. The maximum Gasteiger partial charge on any atom is 0.252 e. The molecule has 2 atom stereocenters. The minimum Gasteiger partial charge on any atom is -0.317 e. The van der Waals surface area contributed by atoms with Crippen LogP contribution in [0.15, 0.2) is 53.5 Å². The van der Waals surface area contributed by atoms with Crippen LogP contribution in [0.25, 0.3) is 11.0 Å². The van der Waals surface area contributed by atoms with Crippen LogP contribution in [0.4, 0.5) is 11.6 Å². The molecule has 0 bridgehead atoms. The summed E-state index contributed by atoms with van der Waals surface area (Å²) in [4.78, 5) is 25.4. The SMILES string of the molecule is CC(C)C1CCCCC1n1c(=O)ccc2cnc(N(c3ccccc3)C3CCNCC3)nc21. The highest BCUT2D eigenvalue weighted by molar-refractivity contribution is 5.76. The molecule has 2 unspecified atom stereocenters. The molecular formula is C27H35N5O. The lowest BCUT2D eigenvalue weighted by Gasteiger charge is -2.37. The summed E-state index contributed by atoms with van der Waals surface area (Å²) in [5, 5.41) is 4.40. The Bertz CT molecular complexity index is 1140. The number of nitrogens with one attached hydrogen (secondary N) is 1. The summed E-state index contributed by atoms with van der Waals surface area (Å²) < 4.78 is 2.00. The fourth-order valence-electron chi connectivity index (χ4n) is 5.85. The van der Waals surface area contributed by atoms with Crippen LogP contribution >= 0.6 is 0 Å². The van der Waals surface area contributed by atoms with Gasteiger partial charge in [0.1, 0.15) is 5.65 Å². The second kappa shape index (κ2) is 9.64. The number of hydrogen-bond acceptors (Lipinski definition) is 5. The summed E-state index contributed by atoms with van der Waals surface area (Å²) in [5.41, 5.74) is 1.93. The average Bonchev–Trinajstić information content (AvgIpc) is 2.85. The highest BCUT2D eigenvalue weighted by atomic mass is 16.1. The summed E-state index contributed by atoms with van der Waals surface area (Å²) in [7, 11) is 0. The van der Waals surface area contributed by atoms with E-state index in [9.17, 15) is 4.79 Å². The van der Waals surface area contributed by atoms with Crippen LogP contribution in [-0.4, -0.2) is 33.7 Å². The first kappa shape index (κ1) is 22.1. The highest BCUT2D eigenvalue weighted by Crippen LogP contribution is 2.39. The number of fused-ring (bicyclic) bond motifs is 1. The number of benzene rings is 1. The Labute approximate surface area is 196 Å².